The summed E-state index contributed by atoms with van der Waals surface area (Å²) in [6, 6.07) is 0. The van der Waals surface area contributed by atoms with Crippen molar-refractivity contribution in [2.24, 2.45) is 17.3 Å². The minimum absolute atomic E-state index is 0.708. The highest BCUT2D eigenvalue weighted by atomic mass is 14.5. The van der Waals surface area contributed by atoms with Crippen molar-refractivity contribution >= 4 is 0 Å². The second-order valence-corrected chi connectivity index (χ2v) is 5.13. The van der Waals surface area contributed by atoms with Gasteiger partial charge in [0.2, 0.25) is 0 Å². The zero-order valence-corrected chi connectivity index (χ0v) is 12.5. The maximum Gasteiger partial charge on any atom is -0.0326 e. The van der Waals surface area contributed by atoms with E-state index in [1.54, 1.807) is 0 Å². The fourth-order valence-electron chi connectivity index (χ4n) is 1.34. The van der Waals surface area contributed by atoms with E-state index in [2.05, 4.69) is 27.7 Å². The Morgan fingerprint density at radius 3 is 1.07 bits per heavy atom. The van der Waals surface area contributed by atoms with E-state index in [9.17, 15) is 0 Å². The summed E-state index contributed by atoms with van der Waals surface area (Å²) in [5, 5.41) is 0. The maximum atomic E-state index is 2.32. The molecule has 94 valence electrons. The molecule has 0 amide bonds. The molecule has 0 bridgehead atoms. The van der Waals surface area contributed by atoms with Crippen LogP contribution in [0.5, 0.6) is 0 Å². The van der Waals surface area contributed by atoms with Crippen LogP contribution in [0.1, 0.15) is 81.1 Å². The molecule has 1 atom stereocenters. The summed E-state index contributed by atoms with van der Waals surface area (Å²) in [5.41, 5.74) is 0.708. The molecule has 0 aromatic rings. The SMILES string of the molecule is CC.CC.CC1CC1(C)C.CC1CCC1. The van der Waals surface area contributed by atoms with Crippen LogP contribution in [0.25, 0.3) is 0 Å². The Morgan fingerprint density at radius 1 is 0.867 bits per heavy atom. The third-order valence-electron chi connectivity index (χ3n) is 3.40. The van der Waals surface area contributed by atoms with Gasteiger partial charge >= 0.3 is 0 Å². The normalized spacial score (nSPS) is 25.2. The third kappa shape index (κ3) is 8.96. The molecule has 0 radical (unpaired) electrons. The first-order valence-electron chi connectivity index (χ1n) is 7.02. The lowest BCUT2D eigenvalue weighted by atomic mass is 9.88. The highest BCUT2D eigenvalue weighted by Crippen LogP contribution is 2.50. The first-order chi connectivity index (χ1) is 7.02. The maximum absolute atomic E-state index is 2.32. The molecule has 0 aromatic heterocycles. The van der Waals surface area contributed by atoms with Crippen molar-refractivity contribution in [1.82, 2.24) is 0 Å². The van der Waals surface area contributed by atoms with Crippen molar-refractivity contribution in [1.29, 1.82) is 0 Å². The van der Waals surface area contributed by atoms with Gasteiger partial charge in [-0.1, -0.05) is 74.7 Å². The van der Waals surface area contributed by atoms with Crippen molar-refractivity contribution in [3.63, 3.8) is 0 Å². The Hall–Kier alpha value is 0. The fraction of sp³-hybridized carbons (Fsp3) is 1.00. The average Bonchev–Trinajstić information content (AvgIpc) is 2.75. The molecule has 0 heteroatoms. The van der Waals surface area contributed by atoms with E-state index in [1.807, 2.05) is 27.7 Å². The van der Waals surface area contributed by atoms with Gasteiger partial charge in [0.05, 0.1) is 0 Å². The van der Waals surface area contributed by atoms with Crippen LogP contribution >= 0.6 is 0 Å². The van der Waals surface area contributed by atoms with Gasteiger partial charge < -0.3 is 0 Å². The third-order valence-corrected chi connectivity index (χ3v) is 3.40. The molecule has 1 unspecified atom stereocenters. The molecular formula is C15H34. The van der Waals surface area contributed by atoms with Crippen LogP contribution in [0.2, 0.25) is 0 Å². The van der Waals surface area contributed by atoms with Crippen LogP contribution < -0.4 is 0 Å². The van der Waals surface area contributed by atoms with E-state index in [-0.39, 0.29) is 0 Å². The number of rotatable bonds is 0. The molecule has 2 saturated carbocycles. The van der Waals surface area contributed by atoms with E-state index in [0.29, 0.717) is 5.41 Å². The van der Waals surface area contributed by atoms with Gasteiger partial charge in [0.1, 0.15) is 0 Å². The van der Waals surface area contributed by atoms with Gasteiger partial charge in [0, 0.05) is 0 Å². The van der Waals surface area contributed by atoms with Crippen LogP contribution in [-0.4, -0.2) is 0 Å². The van der Waals surface area contributed by atoms with E-state index in [4.69, 9.17) is 0 Å². The summed E-state index contributed by atoms with van der Waals surface area (Å²) in [6.45, 7) is 17.2. The van der Waals surface area contributed by atoms with Crippen molar-refractivity contribution in [2.75, 3.05) is 0 Å². The Labute approximate surface area is 98.9 Å². The molecule has 2 aliphatic rings. The average molecular weight is 214 g/mol. The second-order valence-electron chi connectivity index (χ2n) is 5.13. The largest absolute Gasteiger partial charge is 0.0683 e. The van der Waals surface area contributed by atoms with Gasteiger partial charge in [-0.2, -0.15) is 0 Å². The molecule has 0 heterocycles. The van der Waals surface area contributed by atoms with E-state index in [0.717, 1.165) is 11.8 Å². The fourth-order valence-corrected chi connectivity index (χ4v) is 1.34. The van der Waals surface area contributed by atoms with E-state index >= 15 is 0 Å². The second kappa shape index (κ2) is 9.24. The Morgan fingerprint density at radius 2 is 1.07 bits per heavy atom. The van der Waals surface area contributed by atoms with Crippen LogP contribution in [-0.2, 0) is 0 Å². The molecule has 0 nitrogen and oxygen atoms in total. The van der Waals surface area contributed by atoms with Crippen molar-refractivity contribution in [3.05, 3.63) is 0 Å². The van der Waals surface area contributed by atoms with Gasteiger partial charge in [0.25, 0.3) is 0 Å². The molecule has 2 rings (SSSR count). The lowest BCUT2D eigenvalue weighted by Crippen LogP contribution is -2.04. The summed E-state index contributed by atoms with van der Waals surface area (Å²) < 4.78 is 0. The summed E-state index contributed by atoms with van der Waals surface area (Å²) in [4.78, 5) is 0. The zero-order chi connectivity index (χ0) is 12.5. The summed E-state index contributed by atoms with van der Waals surface area (Å²) in [7, 11) is 0. The zero-order valence-electron chi connectivity index (χ0n) is 12.5. The van der Waals surface area contributed by atoms with Crippen LogP contribution in [0.15, 0.2) is 0 Å². The highest BCUT2D eigenvalue weighted by Gasteiger charge is 2.41. The van der Waals surface area contributed by atoms with Gasteiger partial charge in [-0.15, -0.1) is 0 Å². The summed E-state index contributed by atoms with van der Waals surface area (Å²) in [6.07, 6.45) is 5.90. The topological polar surface area (TPSA) is 0 Å². The minimum Gasteiger partial charge on any atom is -0.0683 e. The van der Waals surface area contributed by atoms with Gasteiger partial charge in [-0.3, -0.25) is 0 Å². The standard InChI is InChI=1S/C6H12.C5H10.2C2H6/c1-5-4-6(5,2)3;1-5-3-2-4-5;2*1-2/h5H,4H2,1-3H3;5H,2-4H2,1H3;2*1-2H3. The van der Waals surface area contributed by atoms with Crippen molar-refractivity contribution in [2.45, 2.75) is 81.1 Å². The smallest absolute Gasteiger partial charge is 0.0326 e. The molecular weight excluding hydrogens is 180 g/mol. The van der Waals surface area contributed by atoms with Crippen LogP contribution in [0.4, 0.5) is 0 Å². The molecule has 0 saturated heterocycles. The van der Waals surface area contributed by atoms with Gasteiger partial charge in [-0.05, 0) is 23.7 Å². The minimum atomic E-state index is 0.708. The molecule has 0 aromatic carbocycles. The molecule has 15 heavy (non-hydrogen) atoms. The molecule has 0 spiro atoms. The lowest BCUT2D eigenvalue weighted by Gasteiger charge is -2.18. The van der Waals surface area contributed by atoms with Gasteiger partial charge in [0.15, 0.2) is 0 Å². The molecule has 2 fully saturated rings. The van der Waals surface area contributed by atoms with E-state index < -0.39 is 0 Å². The van der Waals surface area contributed by atoms with Crippen LogP contribution in [0, 0.1) is 17.3 Å². The Balaban J connectivity index is 0. The number of hydrogen-bond acceptors (Lipinski definition) is 0. The van der Waals surface area contributed by atoms with E-state index in [1.165, 1.54) is 25.7 Å². The highest BCUT2D eigenvalue weighted by molar-refractivity contribution is 4.91. The van der Waals surface area contributed by atoms with Crippen molar-refractivity contribution in [3.8, 4) is 0 Å². The quantitative estimate of drug-likeness (QED) is 0.470. The first-order valence-corrected chi connectivity index (χ1v) is 7.02. The Bertz CT molecular complexity index is 120. The monoisotopic (exact) mass is 214 g/mol. The Kier molecular flexibility index (Phi) is 10.7. The predicted octanol–water partition coefficient (Wildman–Crippen LogP) is 5.91. The van der Waals surface area contributed by atoms with Crippen molar-refractivity contribution < 1.29 is 0 Å². The first kappa shape index (κ1) is 17.4. The number of hydrogen-bond donors (Lipinski definition) is 0. The molecule has 0 N–H and O–H groups in total. The van der Waals surface area contributed by atoms with Crippen LogP contribution in [0.3, 0.4) is 0 Å². The van der Waals surface area contributed by atoms with Gasteiger partial charge in [-0.25, -0.2) is 0 Å². The summed E-state index contributed by atoms with van der Waals surface area (Å²) in [5.74, 6) is 2.06. The lowest BCUT2D eigenvalue weighted by molar-refractivity contribution is 0.346. The molecule has 2 aliphatic carbocycles. The summed E-state index contributed by atoms with van der Waals surface area (Å²) >= 11 is 0. The molecule has 0 aliphatic heterocycles. The predicted molar refractivity (Wildman–Crippen MR) is 73.3 cm³/mol.